The lowest BCUT2D eigenvalue weighted by Crippen LogP contribution is -2.95. The summed E-state index contributed by atoms with van der Waals surface area (Å²) >= 11 is 18.0. The van der Waals surface area contributed by atoms with E-state index in [1.807, 2.05) is 66.0 Å². The molecule has 0 aliphatic rings. The number of benzene rings is 2. The average molecular weight is 373 g/mol. The van der Waals surface area contributed by atoms with Crippen LogP contribution < -0.4 is 10.6 Å². The Morgan fingerprint density at radius 3 is 2.00 bits per heavy atom. The number of carbonyl (C=O) groups excluding carboxylic acids is 1. The molecule has 0 fully saturated rings. The van der Waals surface area contributed by atoms with E-state index in [0.717, 1.165) is 11.1 Å². The number of hydrogen-bond donors (Lipinski definition) is 2. The second kappa shape index (κ2) is 8.55. The van der Waals surface area contributed by atoms with Gasteiger partial charge in [0.25, 0.3) is 3.79 Å². The van der Waals surface area contributed by atoms with Crippen LogP contribution in [0.4, 0.5) is 0 Å². The molecule has 0 unspecified atom stereocenters. The number of hydrogen-bond acceptors (Lipinski definition) is 1. The van der Waals surface area contributed by atoms with E-state index < -0.39 is 9.96 Å². The van der Waals surface area contributed by atoms with Crippen molar-refractivity contribution in [1.82, 2.24) is 5.32 Å². The lowest BCUT2D eigenvalue weighted by molar-refractivity contribution is -0.707. The molecule has 0 spiro atoms. The smallest absolute Gasteiger partial charge is 0.262 e. The summed E-state index contributed by atoms with van der Waals surface area (Å²) in [6.45, 7) is 0.602. The molecule has 0 saturated carbocycles. The summed E-state index contributed by atoms with van der Waals surface area (Å²) in [6.07, 6.45) is -0.416. The lowest BCUT2D eigenvalue weighted by Gasteiger charge is -2.23. The van der Waals surface area contributed by atoms with Gasteiger partial charge < -0.3 is 10.6 Å². The van der Waals surface area contributed by atoms with Crippen molar-refractivity contribution in [3.05, 3.63) is 71.8 Å². The van der Waals surface area contributed by atoms with Crippen molar-refractivity contribution in [3.8, 4) is 0 Å². The Morgan fingerprint density at radius 2 is 1.48 bits per heavy atom. The number of alkyl halides is 3. The molecule has 0 heterocycles. The molecule has 0 aliphatic heterocycles. The molecular weight excluding hydrogens is 355 g/mol. The van der Waals surface area contributed by atoms with Crippen molar-refractivity contribution in [2.75, 3.05) is 0 Å². The van der Waals surface area contributed by atoms with Gasteiger partial charge in [0.2, 0.25) is 12.1 Å². The van der Waals surface area contributed by atoms with Crippen LogP contribution >= 0.6 is 34.8 Å². The van der Waals surface area contributed by atoms with Gasteiger partial charge in [0, 0.05) is 5.56 Å². The van der Waals surface area contributed by atoms with Gasteiger partial charge in [-0.2, -0.15) is 0 Å². The van der Waals surface area contributed by atoms with Crippen LogP contribution in [0.5, 0.6) is 0 Å². The second-order valence-corrected chi connectivity index (χ2v) is 7.54. The van der Waals surface area contributed by atoms with E-state index in [4.69, 9.17) is 34.8 Å². The Kier molecular flexibility index (Phi) is 6.72. The number of halogens is 3. The van der Waals surface area contributed by atoms with E-state index in [-0.39, 0.29) is 12.3 Å². The number of rotatable bonds is 6. The van der Waals surface area contributed by atoms with E-state index in [9.17, 15) is 4.79 Å². The standard InChI is InChI=1S/C17H17Cl3N2O/c18-17(19,20)16(21-12-14-9-5-2-6-10-14)22-15(23)11-13-7-3-1-4-8-13/h1-10,16,21H,11-12H2,(H,22,23)/p+1/t16-/m0/s1. The summed E-state index contributed by atoms with van der Waals surface area (Å²) in [5, 5.41) is 4.60. The molecule has 23 heavy (non-hydrogen) atoms. The molecule has 3 nitrogen and oxygen atoms in total. The Bertz CT molecular complexity index is 615. The number of carbonyl (C=O) groups is 1. The minimum atomic E-state index is -1.60. The van der Waals surface area contributed by atoms with Crippen LogP contribution in [-0.2, 0) is 17.8 Å². The first-order valence-corrected chi connectivity index (χ1v) is 8.36. The van der Waals surface area contributed by atoms with Crippen molar-refractivity contribution in [2.45, 2.75) is 22.9 Å². The third-order valence-electron chi connectivity index (χ3n) is 3.31. The molecule has 6 heteroatoms. The van der Waals surface area contributed by atoms with Crippen molar-refractivity contribution < 1.29 is 10.1 Å². The van der Waals surface area contributed by atoms with Gasteiger partial charge in [-0.1, -0.05) is 95.5 Å². The zero-order chi connectivity index (χ0) is 16.7. The minimum Gasteiger partial charge on any atom is -0.319 e. The fourth-order valence-electron chi connectivity index (χ4n) is 2.15. The zero-order valence-corrected chi connectivity index (χ0v) is 14.7. The van der Waals surface area contributed by atoms with Crippen molar-refractivity contribution in [1.29, 1.82) is 0 Å². The highest BCUT2D eigenvalue weighted by molar-refractivity contribution is 6.68. The Labute approximate surface area is 150 Å². The molecule has 1 amide bonds. The van der Waals surface area contributed by atoms with Gasteiger partial charge >= 0.3 is 0 Å². The van der Waals surface area contributed by atoms with Gasteiger partial charge in [0.15, 0.2) is 0 Å². The van der Waals surface area contributed by atoms with Crippen LogP contribution in [0.1, 0.15) is 11.1 Å². The molecular formula is C17H18Cl3N2O+. The number of nitrogens with two attached hydrogens (primary N) is 1. The largest absolute Gasteiger partial charge is 0.319 e. The summed E-state index contributed by atoms with van der Waals surface area (Å²) in [4.78, 5) is 12.2. The SMILES string of the molecule is O=C(Cc1ccccc1)N[C@H]([NH2+]Cc1ccccc1)C(Cl)(Cl)Cl. The number of nitrogens with one attached hydrogen (secondary N) is 1. The van der Waals surface area contributed by atoms with E-state index in [1.165, 1.54) is 0 Å². The van der Waals surface area contributed by atoms with Crippen LogP contribution in [0.3, 0.4) is 0 Å². The predicted octanol–water partition coefficient (Wildman–Crippen LogP) is 2.81. The van der Waals surface area contributed by atoms with Gasteiger partial charge in [0.1, 0.15) is 6.54 Å². The Balaban J connectivity index is 1.94. The van der Waals surface area contributed by atoms with Crippen LogP contribution in [0.2, 0.25) is 0 Å². The number of amides is 1. The van der Waals surface area contributed by atoms with Crippen molar-refractivity contribution in [3.63, 3.8) is 0 Å². The predicted molar refractivity (Wildman–Crippen MR) is 94.4 cm³/mol. The molecule has 0 saturated heterocycles. The number of quaternary nitrogens is 1. The molecule has 0 bridgehead atoms. The molecule has 1 atom stereocenters. The maximum absolute atomic E-state index is 12.2. The highest BCUT2D eigenvalue weighted by Crippen LogP contribution is 2.27. The molecule has 122 valence electrons. The maximum atomic E-state index is 12.2. The lowest BCUT2D eigenvalue weighted by atomic mass is 10.1. The van der Waals surface area contributed by atoms with Crippen LogP contribution in [0.15, 0.2) is 60.7 Å². The Hall–Kier alpha value is -1.26. The van der Waals surface area contributed by atoms with Gasteiger partial charge in [0.05, 0.1) is 6.42 Å². The normalized spacial score (nSPS) is 12.7. The highest BCUT2D eigenvalue weighted by atomic mass is 35.6. The third-order valence-corrected chi connectivity index (χ3v) is 4.01. The maximum Gasteiger partial charge on any atom is 0.262 e. The van der Waals surface area contributed by atoms with Gasteiger partial charge in [-0.3, -0.25) is 4.79 Å². The van der Waals surface area contributed by atoms with Crippen LogP contribution in [-0.4, -0.2) is 15.9 Å². The third kappa shape index (κ3) is 6.40. The summed E-state index contributed by atoms with van der Waals surface area (Å²) in [6, 6.07) is 19.2. The monoisotopic (exact) mass is 371 g/mol. The van der Waals surface area contributed by atoms with Gasteiger partial charge in [-0.15, -0.1) is 0 Å². The summed E-state index contributed by atoms with van der Waals surface area (Å²) < 4.78 is -1.60. The van der Waals surface area contributed by atoms with E-state index in [1.54, 1.807) is 0 Å². The first kappa shape index (κ1) is 18.1. The zero-order valence-electron chi connectivity index (χ0n) is 12.4. The summed E-state index contributed by atoms with van der Waals surface area (Å²) in [7, 11) is 0. The quantitative estimate of drug-likeness (QED) is 0.594. The average Bonchev–Trinajstić information content (AvgIpc) is 2.52. The van der Waals surface area contributed by atoms with Gasteiger partial charge in [-0.25, -0.2) is 0 Å². The fraction of sp³-hybridized carbons (Fsp3) is 0.235. The van der Waals surface area contributed by atoms with Crippen LogP contribution in [0.25, 0.3) is 0 Å². The molecule has 0 aliphatic carbocycles. The van der Waals surface area contributed by atoms with Crippen molar-refractivity contribution in [2.24, 2.45) is 0 Å². The molecule has 0 aromatic heterocycles. The molecule has 0 radical (unpaired) electrons. The Morgan fingerprint density at radius 1 is 0.957 bits per heavy atom. The first-order chi connectivity index (χ1) is 10.9. The van der Waals surface area contributed by atoms with Gasteiger partial charge in [-0.05, 0) is 5.56 Å². The van der Waals surface area contributed by atoms with Crippen molar-refractivity contribution >= 4 is 40.7 Å². The van der Waals surface area contributed by atoms with E-state index >= 15 is 0 Å². The van der Waals surface area contributed by atoms with Crippen LogP contribution in [0, 0.1) is 0 Å². The highest BCUT2D eigenvalue weighted by Gasteiger charge is 2.37. The molecule has 2 aromatic rings. The summed E-state index contributed by atoms with van der Waals surface area (Å²) in [5.74, 6) is -0.183. The fourth-order valence-corrected chi connectivity index (χ4v) is 2.58. The first-order valence-electron chi connectivity index (χ1n) is 7.22. The molecule has 2 rings (SSSR count). The van der Waals surface area contributed by atoms with E-state index in [2.05, 4.69) is 5.32 Å². The van der Waals surface area contributed by atoms with E-state index in [0.29, 0.717) is 6.54 Å². The molecule has 3 N–H and O–H groups in total. The topological polar surface area (TPSA) is 45.7 Å². The second-order valence-electron chi connectivity index (χ2n) is 5.17. The minimum absolute atomic E-state index is 0.183. The summed E-state index contributed by atoms with van der Waals surface area (Å²) in [5.41, 5.74) is 2.00. The molecule has 2 aromatic carbocycles.